The van der Waals surface area contributed by atoms with Gasteiger partial charge in [0.1, 0.15) is 13.2 Å². The van der Waals surface area contributed by atoms with Crippen LogP contribution in [0.25, 0.3) is 0 Å². The number of methoxy groups -OCH3 is 1. The molecule has 0 fully saturated rings. The third-order valence-corrected chi connectivity index (χ3v) is 3.74. The Balaban J connectivity index is 2.26. The first-order valence-corrected chi connectivity index (χ1v) is 7.11. The first-order chi connectivity index (χ1) is 9.82. The van der Waals surface area contributed by atoms with Crippen LogP contribution in [0.5, 0.6) is 17.2 Å². The second-order valence-corrected chi connectivity index (χ2v) is 6.26. The summed E-state index contributed by atoms with van der Waals surface area (Å²) in [6.45, 7) is 9.20. The quantitative estimate of drug-likeness (QED) is 0.931. The molecule has 0 aromatic heterocycles. The van der Waals surface area contributed by atoms with Crippen molar-refractivity contribution in [2.24, 2.45) is 5.41 Å². The Morgan fingerprint density at radius 2 is 1.95 bits per heavy atom. The fourth-order valence-electron chi connectivity index (χ4n) is 1.90. The van der Waals surface area contributed by atoms with E-state index in [2.05, 4.69) is 26.1 Å². The van der Waals surface area contributed by atoms with Gasteiger partial charge in [0.05, 0.1) is 7.11 Å². The van der Waals surface area contributed by atoms with Gasteiger partial charge in [0.25, 0.3) is 5.91 Å². The van der Waals surface area contributed by atoms with Crippen molar-refractivity contribution in [3.63, 3.8) is 0 Å². The molecule has 1 aliphatic rings. The van der Waals surface area contributed by atoms with Gasteiger partial charge in [-0.05, 0) is 24.5 Å². The fourth-order valence-corrected chi connectivity index (χ4v) is 1.90. The van der Waals surface area contributed by atoms with Crippen LogP contribution < -0.4 is 19.5 Å². The minimum Gasteiger partial charge on any atom is -0.493 e. The summed E-state index contributed by atoms with van der Waals surface area (Å²) >= 11 is 0. The number of ether oxygens (including phenoxy) is 3. The lowest BCUT2D eigenvalue weighted by atomic mass is 9.88. The molecule has 1 aromatic carbocycles. The van der Waals surface area contributed by atoms with Gasteiger partial charge in [-0.25, -0.2) is 0 Å². The molecule has 0 radical (unpaired) electrons. The van der Waals surface area contributed by atoms with Crippen LogP contribution in [0.2, 0.25) is 0 Å². The summed E-state index contributed by atoms with van der Waals surface area (Å²) in [5.41, 5.74) is 0.500. The van der Waals surface area contributed by atoms with Crippen molar-refractivity contribution in [3.8, 4) is 17.2 Å². The molecule has 1 N–H and O–H groups in total. The second kappa shape index (κ2) is 5.84. The molecule has 2 rings (SSSR count). The van der Waals surface area contributed by atoms with Crippen LogP contribution in [0.3, 0.4) is 0 Å². The van der Waals surface area contributed by atoms with Gasteiger partial charge in [0, 0.05) is 11.6 Å². The molecule has 1 heterocycles. The van der Waals surface area contributed by atoms with Crippen LogP contribution in [-0.4, -0.2) is 32.3 Å². The highest BCUT2D eigenvalue weighted by Gasteiger charge is 2.25. The first kappa shape index (κ1) is 15.5. The van der Waals surface area contributed by atoms with Crippen molar-refractivity contribution in [1.29, 1.82) is 0 Å². The highest BCUT2D eigenvalue weighted by Crippen LogP contribution is 2.40. The van der Waals surface area contributed by atoms with Crippen LogP contribution in [0.1, 0.15) is 38.1 Å². The van der Waals surface area contributed by atoms with Crippen LogP contribution >= 0.6 is 0 Å². The Morgan fingerprint density at radius 3 is 2.57 bits per heavy atom. The van der Waals surface area contributed by atoms with Crippen molar-refractivity contribution in [2.75, 3.05) is 20.3 Å². The molecule has 116 valence electrons. The summed E-state index contributed by atoms with van der Waals surface area (Å²) in [5.74, 6) is 1.48. The molecule has 0 saturated heterocycles. The SMILES string of the molecule is COc1cc(C(=O)N[C@H](C)C(C)(C)C)cc2c1OCCO2. The van der Waals surface area contributed by atoms with Crippen LogP contribution in [0, 0.1) is 5.41 Å². The van der Waals surface area contributed by atoms with Crippen LogP contribution in [-0.2, 0) is 0 Å². The highest BCUT2D eigenvalue weighted by atomic mass is 16.6. The minimum atomic E-state index is -0.146. The monoisotopic (exact) mass is 293 g/mol. The van der Waals surface area contributed by atoms with Gasteiger partial charge in [-0.1, -0.05) is 20.8 Å². The molecule has 0 bridgehead atoms. The standard InChI is InChI=1S/C16H23NO4/c1-10(16(2,3)4)17-15(18)11-8-12(19-5)14-13(9-11)20-6-7-21-14/h8-10H,6-7H2,1-5H3,(H,17,18)/t10-/m1/s1. The summed E-state index contributed by atoms with van der Waals surface area (Å²) in [7, 11) is 1.55. The molecule has 5 heteroatoms. The van der Waals surface area contributed by atoms with Crippen LogP contribution in [0.4, 0.5) is 0 Å². The van der Waals surface area contributed by atoms with E-state index in [9.17, 15) is 4.79 Å². The smallest absolute Gasteiger partial charge is 0.251 e. The summed E-state index contributed by atoms with van der Waals surface area (Å²) in [6.07, 6.45) is 0. The maximum Gasteiger partial charge on any atom is 0.251 e. The van der Waals surface area contributed by atoms with Gasteiger partial charge in [-0.3, -0.25) is 4.79 Å². The lowest BCUT2D eigenvalue weighted by Crippen LogP contribution is -2.41. The van der Waals surface area contributed by atoms with E-state index in [0.29, 0.717) is 36.0 Å². The van der Waals surface area contributed by atoms with E-state index in [-0.39, 0.29) is 17.4 Å². The number of nitrogens with one attached hydrogen (secondary N) is 1. The number of benzene rings is 1. The van der Waals surface area contributed by atoms with E-state index >= 15 is 0 Å². The molecule has 0 aliphatic carbocycles. The molecule has 1 amide bonds. The Bertz CT molecular complexity index is 517. The summed E-state index contributed by atoms with van der Waals surface area (Å²) in [4.78, 5) is 12.4. The van der Waals surface area contributed by atoms with Gasteiger partial charge in [0.2, 0.25) is 5.75 Å². The number of hydrogen-bond donors (Lipinski definition) is 1. The van der Waals surface area contributed by atoms with Gasteiger partial charge in [-0.15, -0.1) is 0 Å². The minimum absolute atomic E-state index is 0.00638. The topological polar surface area (TPSA) is 56.8 Å². The first-order valence-electron chi connectivity index (χ1n) is 7.11. The number of carbonyl (C=O) groups is 1. The van der Waals surface area contributed by atoms with Crippen molar-refractivity contribution < 1.29 is 19.0 Å². The Kier molecular flexibility index (Phi) is 4.30. The Labute approximate surface area is 125 Å². The fraction of sp³-hybridized carbons (Fsp3) is 0.562. The summed E-state index contributed by atoms with van der Waals surface area (Å²) in [5, 5.41) is 3.00. The number of fused-ring (bicyclic) bond motifs is 1. The average Bonchev–Trinajstić information content (AvgIpc) is 2.44. The Hall–Kier alpha value is -1.91. The zero-order chi connectivity index (χ0) is 15.6. The number of hydrogen-bond acceptors (Lipinski definition) is 4. The number of carbonyl (C=O) groups excluding carboxylic acids is 1. The van der Waals surface area contributed by atoms with E-state index in [0.717, 1.165) is 0 Å². The third-order valence-electron chi connectivity index (χ3n) is 3.74. The van der Waals surface area contributed by atoms with E-state index in [1.807, 2.05) is 6.92 Å². The normalized spacial score (nSPS) is 15.3. The lowest BCUT2D eigenvalue weighted by molar-refractivity contribution is 0.0908. The van der Waals surface area contributed by atoms with Crippen molar-refractivity contribution >= 4 is 5.91 Å². The second-order valence-electron chi connectivity index (χ2n) is 6.26. The predicted molar refractivity (Wildman–Crippen MR) is 80.4 cm³/mol. The predicted octanol–water partition coefficient (Wildman–Crippen LogP) is 2.63. The van der Waals surface area contributed by atoms with Crippen LogP contribution in [0.15, 0.2) is 12.1 Å². The van der Waals surface area contributed by atoms with Crippen molar-refractivity contribution in [2.45, 2.75) is 33.7 Å². The molecule has 1 aromatic rings. The number of rotatable bonds is 3. The average molecular weight is 293 g/mol. The van der Waals surface area contributed by atoms with Gasteiger partial charge < -0.3 is 19.5 Å². The molecule has 0 spiro atoms. The molecule has 5 nitrogen and oxygen atoms in total. The summed E-state index contributed by atoms with van der Waals surface area (Å²) in [6, 6.07) is 3.42. The van der Waals surface area contributed by atoms with Crippen molar-refractivity contribution in [3.05, 3.63) is 17.7 Å². The number of amides is 1. The maximum atomic E-state index is 12.4. The molecule has 0 unspecified atom stereocenters. The summed E-state index contributed by atoms with van der Waals surface area (Å²) < 4.78 is 16.4. The molecule has 1 atom stereocenters. The van der Waals surface area contributed by atoms with E-state index in [4.69, 9.17) is 14.2 Å². The molecular weight excluding hydrogens is 270 g/mol. The largest absolute Gasteiger partial charge is 0.493 e. The van der Waals surface area contributed by atoms with Gasteiger partial charge in [-0.2, -0.15) is 0 Å². The van der Waals surface area contributed by atoms with E-state index in [1.54, 1.807) is 19.2 Å². The zero-order valence-electron chi connectivity index (χ0n) is 13.3. The maximum absolute atomic E-state index is 12.4. The van der Waals surface area contributed by atoms with E-state index in [1.165, 1.54) is 0 Å². The Morgan fingerprint density at radius 1 is 1.29 bits per heavy atom. The molecule has 1 aliphatic heterocycles. The lowest BCUT2D eigenvalue weighted by Gasteiger charge is -2.28. The van der Waals surface area contributed by atoms with Gasteiger partial charge >= 0.3 is 0 Å². The molecular formula is C16H23NO4. The van der Waals surface area contributed by atoms with E-state index < -0.39 is 0 Å². The molecule has 0 saturated carbocycles. The van der Waals surface area contributed by atoms with Crippen molar-refractivity contribution in [1.82, 2.24) is 5.32 Å². The zero-order valence-corrected chi connectivity index (χ0v) is 13.3. The van der Waals surface area contributed by atoms with Gasteiger partial charge in [0.15, 0.2) is 11.5 Å². The highest BCUT2D eigenvalue weighted by molar-refractivity contribution is 5.95. The molecule has 21 heavy (non-hydrogen) atoms. The third kappa shape index (κ3) is 3.40.